The Bertz CT molecular complexity index is 1280. The number of esters is 1. The zero-order valence-electron chi connectivity index (χ0n) is 25.0. The van der Waals surface area contributed by atoms with Crippen molar-refractivity contribution >= 4 is 12.3 Å². The summed E-state index contributed by atoms with van der Waals surface area (Å²) in [4.78, 5) is 37.5. The molecule has 6 rings (SSSR count). The fourth-order valence-electron chi connectivity index (χ4n) is 10.1. The van der Waals surface area contributed by atoms with Crippen LogP contribution in [0.1, 0.15) is 90.0 Å². The van der Waals surface area contributed by atoms with E-state index in [0.29, 0.717) is 44.9 Å². The third-order valence-electron chi connectivity index (χ3n) is 12.3. The first-order valence-corrected chi connectivity index (χ1v) is 15.6. The quantitative estimate of drug-likeness (QED) is 0.220. The minimum atomic E-state index is -1.47. The van der Waals surface area contributed by atoms with Gasteiger partial charge in [-0.05, 0) is 87.7 Å². The van der Waals surface area contributed by atoms with E-state index >= 15 is 0 Å². The molecule has 1 aromatic heterocycles. The Morgan fingerprint density at radius 1 is 1.00 bits per heavy atom. The van der Waals surface area contributed by atoms with E-state index < -0.39 is 70.4 Å². The summed E-state index contributed by atoms with van der Waals surface area (Å²) in [6.45, 7) is 5.03. The number of carbonyl (C=O) groups excluding carboxylic acids is 2. The van der Waals surface area contributed by atoms with E-state index in [4.69, 9.17) is 18.6 Å². The first-order chi connectivity index (χ1) is 20.3. The van der Waals surface area contributed by atoms with Crippen LogP contribution in [0.25, 0.3) is 0 Å². The fourth-order valence-corrected chi connectivity index (χ4v) is 10.1. The van der Waals surface area contributed by atoms with Gasteiger partial charge < -0.3 is 43.8 Å². The van der Waals surface area contributed by atoms with Crippen LogP contribution in [0.15, 0.2) is 27.6 Å². The number of fused-ring (bicyclic) bond motifs is 5. The van der Waals surface area contributed by atoms with Gasteiger partial charge in [0.05, 0.1) is 29.5 Å². The van der Waals surface area contributed by atoms with Crippen LogP contribution >= 0.6 is 0 Å². The molecule has 0 spiro atoms. The Morgan fingerprint density at radius 3 is 2.42 bits per heavy atom. The van der Waals surface area contributed by atoms with Gasteiger partial charge in [-0.15, -0.1) is 0 Å². The van der Waals surface area contributed by atoms with Crippen molar-refractivity contribution in [1.82, 2.24) is 0 Å². The Kier molecular flexibility index (Phi) is 7.70. The van der Waals surface area contributed by atoms with Gasteiger partial charge in [0.2, 0.25) is 0 Å². The molecule has 13 atom stereocenters. The lowest BCUT2D eigenvalue weighted by Gasteiger charge is -2.65. The average Bonchev–Trinajstić information content (AvgIpc) is 3.25. The van der Waals surface area contributed by atoms with Crippen molar-refractivity contribution in [3.8, 4) is 0 Å². The normalized spacial score (nSPS) is 49.3. The molecule has 4 saturated carbocycles. The molecule has 11 heteroatoms. The lowest BCUT2D eigenvalue weighted by Crippen LogP contribution is -2.70. The van der Waals surface area contributed by atoms with Crippen molar-refractivity contribution in [2.75, 3.05) is 0 Å². The minimum absolute atomic E-state index is 0.00236. The van der Waals surface area contributed by atoms with Crippen LogP contribution in [0.3, 0.4) is 0 Å². The smallest absolute Gasteiger partial charge is 0.335 e. The maximum absolute atomic E-state index is 13.3. The molecule has 4 N–H and O–H groups in total. The number of ether oxygens (including phenoxy) is 3. The van der Waals surface area contributed by atoms with Gasteiger partial charge in [0, 0.05) is 24.8 Å². The summed E-state index contributed by atoms with van der Waals surface area (Å²) in [5, 5.41) is 43.5. The van der Waals surface area contributed by atoms with Crippen LogP contribution in [0, 0.1) is 22.7 Å². The van der Waals surface area contributed by atoms with Gasteiger partial charge in [0.25, 0.3) is 0 Å². The molecule has 4 aliphatic carbocycles. The van der Waals surface area contributed by atoms with Crippen molar-refractivity contribution in [1.29, 1.82) is 0 Å². The molecule has 1 aliphatic heterocycles. The molecule has 0 bridgehead atoms. The van der Waals surface area contributed by atoms with E-state index in [1.54, 1.807) is 13.0 Å². The number of hydrogen-bond donors (Lipinski definition) is 4. The highest BCUT2D eigenvalue weighted by molar-refractivity contribution is 5.70. The second-order valence-corrected chi connectivity index (χ2v) is 14.0. The molecule has 5 aliphatic rings. The van der Waals surface area contributed by atoms with E-state index in [2.05, 4.69) is 6.92 Å². The van der Waals surface area contributed by atoms with Crippen molar-refractivity contribution in [3.63, 3.8) is 0 Å². The molecule has 0 aromatic carbocycles. The van der Waals surface area contributed by atoms with Crippen molar-refractivity contribution < 1.29 is 48.6 Å². The lowest BCUT2D eigenvalue weighted by molar-refractivity contribution is -0.317. The van der Waals surface area contributed by atoms with Gasteiger partial charge in [-0.25, -0.2) is 4.79 Å². The Hall–Kier alpha value is -2.15. The zero-order valence-corrected chi connectivity index (χ0v) is 25.0. The van der Waals surface area contributed by atoms with Crippen LogP contribution in [0.2, 0.25) is 0 Å². The topological polar surface area (TPSA) is 173 Å². The first-order valence-electron chi connectivity index (χ1n) is 15.6. The van der Waals surface area contributed by atoms with E-state index in [1.807, 2.05) is 0 Å². The standard InChI is InChI=1S/C32H44O11/c1-17-25(36)26(37)27(38)28(41-17)42-20-6-11-30(16-33)22-7-10-29(3)21(19-4-5-24(35)40-15-19)9-13-32(29,39)23(22)8-12-31(30,14-20)43-18(2)34/h4-5,15-17,20-23,25-28,36-39H,6-14H2,1-3H3/t17-,20?,21+,22-,23+,25-,26+,27+,28-,29+,30-,31?,32-/m0/s1. The first kappa shape index (κ1) is 30.9. The summed E-state index contributed by atoms with van der Waals surface area (Å²) in [5.41, 5.74) is -3.28. The van der Waals surface area contributed by atoms with Gasteiger partial charge in [0.15, 0.2) is 6.29 Å². The number of carbonyl (C=O) groups is 2. The van der Waals surface area contributed by atoms with E-state index in [1.165, 1.54) is 19.3 Å². The molecule has 11 nitrogen and oxygen atoms in total. The maximum Gasteiger partial charge on any atom is 0.335 e. The van der Waals surface area contributed by atoms with Crippen LogP contribution in [-0.4, -0.2) is 80.7 Å². The van der Waals surface area contributed by atoms with Gasteiger partial charge in [0.1, 0.15) is 30.2 Å². The zero-order chi connectivity index (χ0) is 30.9. The van der Waals surface area contributed by atoms with Gasteiger partial charge in [-0.1, -0.05) is 6.92 Å². The molecule has 2 unspecified atom stereocenters. The SMILES string of the molecule is CC(=O)OC12CC[C@@H]3[C@H](CC[C@]4(C)[C@@H](c5ccc(=O)oc5)CC[C@]34O)[C@@]1(C=O)CCC(O[C@@H]1O[C@@H](C)[C@H](O)[C@@H](O)[C@H]1O)C2. The van der Waals surface area contributed by atoms with Crippen LogP contribution in [0.5, 0.6) is 0 Å². The van der Waals surface area contributed by atoms with Crippen molar-refractivity contribution in [3.05, 3.63) is 34.4 Å². The molecule has 238 valence electrons. The van der Waals surface area contributed by atoms with Crippen molar-refractivity contribution in [2.45, 2.75) is 132 Å². The highest BCUT2D eigenvalue weighted by Gasteiger charge is 2.72. The Morgan fingerprint density at radius 2 is 1.74 bits per heavy atom. The van der Waals surface area contributed by atoms with Gasteiger partial charge in [-0.2, -0.15) is 0 Å². The monoisotopic (exact) mass is 604 g/mol. The Balaban J connectivity index is 1.29. The largest absolute Gasteiger partial charge is 0.458 e. The molecular formula is C32H44O11. The number of aliphatic hydroxyl groups excluding tert-OH is 3. The third-order valence-corrected chi connectivity index (χ3v) is 12.3. The molecule has 1 aromatic rings. The van der Waals surface area contributed by atoms with Crippen LogP contribution < -0.4 is 5.63 Å². The molecular weight excluding hydrogens is 560 g/mol. The highest BCUT2D eigenvalue weighted by atomic mass is 16.7. The maximum atomic E-state index is 13.3. The second kappa shape index (κ2) is 10.7. The molecule has 1 saturated heterocycles. The minimum Gasteiger partial charge on any atom is -0.458 e. The number of aliphatic hydroxyl groups is 4. The molecule has 0 amide bonds. The van der Waals surface area contributed by atoms with Gasteiger partial charge in [-0.3, -0.25) is 4.79 Å². The second-order valence-electron chi connectivity index (χ2n) is 14.0. The van der Waals surface area contributed by atoms with Crippen LogP contribution in [0.4, 0.5) is 0 Å². The highest BCUT2D eigenvalue weighted by Crippen LogP contribution is 2.71. The fraction of sp³-hybridized carbons (Fsp3) is 0.781. The number of hydrogen-bond acceptors (Lipinski definition) is 11. The van der Waals surface area contributed by atoms with E-state index in [9.17, 15) is 34.8 Å². The predicted molar refractivity (Wildman–Crippen MR) is 150 cm³/mol. The average molecular weight is 605 g/mol. The Labute approximate surface area is 250 Å². The summed E-state index contributed by atoms with van der Waals surface area (Å²) in [6, 6.07) is 3.20. The molecule has 0 radical (unpaired) electrons. The summed E-state index contributed by atoms with van der Waals surface area (Å²) in [5.74, 6) is -0.924. The summed E-state index contributed by atoms with van der Waals surface area (Å²) < 4.78 is 23.2. The predicted octanol–water partition coefficient (Wildman–Crippen LogP) is 1.96. The van der Waals surface area contributed by atoms with E-state index in [0.717, 1.165) is 18.3 Å². The molecule has 43 heavy (non-hydrogen) atoms. The summed E-state index contributed by atoms with van der Waals surface area (Å²) in [7, 11) is 0. The molecule has 2 heterocycles. The molecule has 5 fully saturated rings. The number of aldehydes is 1. The van der Waals surface area contributed by atoms with E-state index in [-0.39, 0.29) is 24.2 Å². The summed E-state index contributed by atoms with van der Waals surface area (Å²) in [6.07, 6.45) is 0.290. The van der Waals surface area contributed by atoms with Crippen LogP contribution in [-0.2, 0) is 23.8 Å². The van der Waals surface area contributed by atoms with Crippen molar-refractivity contribution in [2.24, 2.45) is 22.7 Å². The van der Waals surface area contributed by atoms with Gasteiger partial charge >= 0.3 is 11.6 Å². The lowest BCUT2D eigenvalue weighted by atomic mass is 9.41. The number of rotatable bonds is 5. The summed E-state index contributed by atoms with van der Waals surface area (Å²) >= 11 is 0. The third kappa shape index (κ3) is 4.48.